The summed E-state index contributed by atoms with van der Waals surface area (Å²) in [4.78, 5) is 4.49. The molecule has 3 aromatic rings. The van der Waals surface area contributed by atoms with Gasteiger partial charge < -0.3 is 13.9 Å². The van der Waals surface area contributed by atoms with Crippen LogP contribution in [-0.4, -0.2) is 30.7 Å². The Morgan fingerprint density at radius 3 is 2.71 bits per heavy atom. The first-order chi connectivity index (χ1) is 13.4. The lowest BCUT2D eigenvalue weighted by molar-refractivity contribution is 0.281. The number of pyridine rings is 1. The molecule has 8 heteroatoms. The number of anilines is 1. The van der Waals surface area contributed by atoms with Crippen LogP contribution in [0.3, 0.4) is 0 Å². The summed E-state index contributed by atoms with van der Waals surface area (Å²) in [6, 6.07) is 10.7. The molecule has 0 saturated carbocycles. The van der Waals surface area contributed by atoms with Gasteiger partial charge in [0.1, 0.15) is 12.3 Å². The quantitative estimate of drug-likeness (QED) is 0.589. The summed E-state index contributed by atoms with van der Waals surface area (Å²) in [7, 11) is -1.87. The molecule has 150 valence electrons. The normalized spacial score (nSPS) is 11.7. The summed E-state index contributed by atoms with van der Waals surface area (Å²) >= 11 is 0. The van der Waals surface area contributed by atoms with E-state index in [1.165, 1.54) is 0 Å². The average Bonchev–Trinajstić information content (AvgIpc) is 3.08. The topological polar surface area (TPSA) is 81.9 Å². The Balaban J connectivity index is 1.73. The van der Waals surface area contributed by atoms with E-state index in [1.807, 2.05) is 48.8 Å². The van der Waals surface area contributed by atoms with Gasteiger partial charge in [-0.2, -0.15) is 0 Å². The number of nitrogens with zero attached hydrogens (tertiary/aromatic N) is 2. The van der Waals surface area contributed by atoms with Crippen molar-refractivity contribution in [3.63, 3.8) is 0 Å². The van der Waals surface area contributed by atoms with Crippen molar-refractivity contribution in [1.82, 2.24) is 9.38 Å². The van der Waals surface area contributed by atoms with Crippen LogP contribution in [0.4, 0.5) is 5.69 Å². The number of nitrogens with one attached hydrogen (secondary N) is 1. The van der Waals surface area contributed by atoms with Crippen molar-refractivity contribution in [2.45, 2.75) is 26.9 Å². The maximum absolute atomic E-state index is 12.3. The second-order valence-corrected chi connectivity index (χ2v) is 8.80. The molecule has 0 aliphatic rings. The molecular weight excluding hydrogens is 378 g/mol. The van der Waals surface area contributed by atoms with E-state index in [2.05, 4.69) is 9.71 Å². The van der Waals surface area contributed by atoms with Crippen LogP contribution in [0.2, 0.25) is 0 Å². The fourth-order valence-corrected chi connectivity index (χ4v) is 4.05. The molecule has 0 saturated heterocycles. The number of ether oxygens (including phenoxy) is 2. The fourth-order valence-electron chi connectivity index (χ4n) is 2.68. The molecule has 0 aliphatic heterocycles. The molecule has 3 rings (SSSR count). The van der Waals surface area contributed by atoms with Crippen molar-refractivity contribution in [3.05, 3.63) is 54.5 Å². The fraction of sp³-hybridized carbons (Fsp3) is 0.350. The number of benzene rings is 1. The first-order valence-electron chi connectivity index (χ1n) is 9.10. The number of imidazole rings is 1. The van der Waals surface area contributed by atoms with Crippen molar-refractivity contribution >= 4 is 21.4 Å². The Bertz CT molecular complexity index is 1010. The molecule has 1 N–H and O–H groups in total. The SMILES string of the molecule is COc1ccc(NS(=O)(=O)CCC(C)C)cc1OCc1cn2ccccc2n1. The zero-order chi connectivity index (χ0) is 20.1. The van der Waals surface area contributed by atoms with Crippen molar-refractivity contribution in [1.29, 1.82) is 0 Å². The third-order valence-electron chi connectivity index (χ3n) is 4.19. The van der Waals surface area contributed by atoms with Gasteiger partial charge in [0.25, 0.3) is 0 Å². The van der Waals surface area contributed by atoms with Crippen LogP contribution in [0, 0.1) is 5.92 Å². The van der Waals surface area contributed by atoms with E-state index < -0.39 is 10.0 Å². The minimum Gasteiger partial charge on any atom is -0.493 e. The summed E-state index contributed by atoms with van der Waals surface area (Å²) in [5.41, 5.74) is 2.03. The number of sulfonamides is 1. The minimum absolute atomic E-state index is 0.0775. The Labute approximate surface area is 165 Å². The molecule has 0 spiro atoms. The first kappa shape index (κ1) is 20.0. The Morgan fingerprint density at radius 1 is 1.18 bits per heavy atom. The lowest BCUT2D eigenvalue weighted by Crippen LogP contribution is -2.18. The van der Waals surface area contributed by atoms with E-state index in [0.29, 0.717) is 29.5 Å². The van der Waals surface area contributed by atoms with E-state index in [0.717, 1.165) is 11.3 Å². The number of hydrogen-bond acceptors (Lipinski definition) is 5. The van der Waals surface area contributed by atoms with Gasteiger partial charge in [0.2, 0.25) is 10.0 Å². The third kappa shape index (κ3) is 5.16. The first-order valence-corrected chi connectivity index (χ1v) is 10.8. The van der Waals surface area contributed by atoms with E-state index in [1.54, 1.807) is 25.3 Å². The molecule has 7 nitrogen and oxygen atoms in total. The van der Waals surface area contributed by atoms with Gasteiger partial charge in [0, 0.05) is 18.5 Å². The van der Waals surface area contributed by atoms with Gasteiger partial charge >= 0.3 is 0 Å². The number of aromatic nitrogens is 2. The van der Waals surface area contributed by atoms with Gasteiger partial charge in [0.15, 0.2) is 11.5 Å². The molecule has 0 unspecified atom stereocenters. The summed E-state index contributed by atoms with van der Waals surface area (Å²) in [6.45, 7) is 4.23. The molecule has 28 heavy (non-hydrogen) atoms. The number of rotatable bonds is 9. The highest BCUT2D eigenvalue weighted by molar-refractivity contribution is 7.92. The second-order valence-electron chi connectivity index (χ2n) is 6.96. The summed E-state index contributed by atoms with van der Waals surface area (Å²) in [6.07, 6.45) is 4.40. The van der Waals surface area contributed by atoms with Gasteiger partial charge in [-0.25, -0.2) is 13.4 Å². The zero-order valence-electron chi connectivity index (χ0n) is 16.3. The Kier molecular flexibility index (Phi) is 6.08. The zero-order valence-corrected chi connectivity index (χ0v) is 17.1. The van der Waals surface area contributed by atoms with Gasteiger partial charge in [-0.05, 0) is 36.6 Å². The molecule has 1 aromatic carbocycles. The maximum atomic E-state index is 12.3. The van der Waals surface area contributed by atoms with Crippen molar-refractivity contribution in [2.24, 2.45) is 5.92 Å². The lowest BCUT2D eigenvalue weighted by Gasteiger charge is -2.13. The summed E-state index contributed by atoms with van der Waals surface area (Å²) in [5.74, 6) is 1.36. The molecule has 0 atom stereocenters. The van der Waals surface area contributed by atoms with Gasteiger partial charge in [-0.3, -0.25) is 4.72 Å². The van der Waals surface area contributed by atoms with E-state index in [4.69, 9.17) is 9.47 Å². The molecular formula is C20H25N3O4S. The highest BCUT2D eigenvalue weighted by Crippen LogP contribution is 2.31. The van der Waals surface area contributed by atoms with Gasteiger partial charge in [-0.1, -0.05) is 19.9 Å². The average molecular weight is 404 g/mol. The number of methoxy groups -OCH3 is 1. The maximum Gasteiger partial charge on any atom is 0.232 e. The van der Waals surface area contributed by atoms with Crippen LogP contribution < -0.4 is 14.2 Å². The summed E-state index contributed by atoms with van der Waals surface area (Å²) < 4.78 is 40.2. The second kappa shape index (κ2) is 8.52. The monoisotopic (exact) mass is 403 g/mol. The van der Waals surface area contributed by atoms with Crippen molar-refractivity contribution in [2.75, 3.05) is 17.6 Å². The third-order valence-corrected chi connectivity index (χ3v) is 5.51. The molecule has 2 heterocycles. The van der Waals surface area contributed by atoms with Gasteiger partial charge in [-0.15, -0.1) is 0 Å². The summed E-state index contributed by atoms with van der Waals surface area (Å²) in [5, 5.41) is 0. The van der Waals surface area contributed by atoms with E-state index in [-0.39, 0.29) is 12.4 Å². The molecule has 0 aliphatic carbocycles. The highest BCUT2D eigenvalue weighted by Gasteiger charge is 2.14. The molecule has 0 amide bonds. The van der Waals surface area contributed by atoms with Crippen LogP contribution >= 0.6 is 0 Å². The molecule has 0 bridgehead atoms. The van der Waals surface area contributed by atoms with E-state index >= 15 is 0 Å². The van der Waals surface area contributed by atoms with Gasteiger partial charge in [0.05, 0.1) is 24.2 Å². The van der Waals surface area contributed by atoms with Crippen LogP contribution in [-0.2, 0) is 16.6 Å². The van der Waals surface area contributed by atoms with Crippen LogP contribution in [0.1, 0.15) is 26.0 Å². The molecule has 0 fully saturated rings. The largest absolute Gasteiger partial charge is 0.493 e. The van der Waals surface area contributed by atoms with Crippen LogP contribution in [0.25, 0.3) is 5.65 Å². The highest BCUT2D eigenvalue weighted by atomic mass is 32.2. The predicted octanol–water partition coefficient (Wildman–Crippen LogP) is 3.71. The Hall–Kier alpha value is -2.74. The van der Waals surface area contributed by atoms with Crippen molar-refractivity contribution in [3.8, 4) is 11.5 Å². The number of hydrogen-bond donors (Lipinski definition) is 1. The van der Waals surface area contributed by atoms with Crippen LogP contribution in [0.5, 0.6) is 11.5 Å². The Morgan fingerprint density at radius 2 is 2.00 bits per heavy atom. The minimum atomic E-state index is -3.41. The predicted molar refractivity (Wildman–Crippen MR) is 109 cm³/mol. The van der Waals surface area contributed by atoms with Crippen molar-refractivity contribution < 1.29 is 17.9 Å². The molecule has 0 radical (unpaired) electrons. The lowest BCUT2D eigenvalue weighted by atomic mass is 10.2. The number of fused-ring (bicyclic) bond motifs is 1. The standard InChI is InChI=1S/C20H25N3O4S/c1-15(2)9-11-28(24,25)22-16-7-8-18(26-3)19(12-16)27-14-17-13-23-10-5-4-6-20(23)21-17/h4-8,10,12-13,15,22H,9,11,14H2,1-3H3. The smallest absolute Gasteiger partial charge is 0.232 e. The molecule has 2 aromatic heterocycles. The van der Waals surface area contributed by atoms with E-state index in [9.17, 15) is 8.42 Å². The van der Waals surface area contributed by atoms with Crippen LogP contribution in [0.15, 0.2) is 48.8 Å².